The van der Waals surface area contributed by atoms with Gasteiger partial charge in [-0.05, 0) is 221 Å². The number of hydrogen-bond acceptors (Lipinski definition) is 0. The molecular weight excluding hydrogens is 637 g/mol. The molecule has 0 spiro atoms. The van der Waals surface area contributed by atoms with Gasteiger partial charge in [0.15, 0.2) is 0 Å². The summed E-state index contributed by atoms with van der Waals surface area (Å²) in [7, 11) is 0. The molecule has 0 radical (unpaired) electrons. The molecule has 11 aliphatic carbocycles. The third kappa shape index (κ3) is 6.93. The molecule has 0 heteroatoms. The van der Waals surface area contributed by atoms with E-state index in [2.05, 4.69) is 0 Å². The lowest BCUT2D eigenvalue weighted by Crippen LogP contribution is -2.47. The van der Waals surface area contributed by atoms with E-state index in [1.807, 2.05) is 0 Å². The summed E-state index contributed by atoms with van der Waals surface area (Å²) in [6.07, 6.45) is 53.6. The van der Waals surface area contributed by atoms with Crippen LogP contribution in [0, 0.1) is 118 Å². The van der Waals surface area contributed by atoms with Crippen LogP contribution in [-0.4, -0.2) is 0 Å². The van der Waals surface area contributed by atoms with Crippen molar-refractivity contribution in [3.05, 3.63) is 0 Å². The Hall–Kier alpha value is 0. The van der Waals surface area contributed by atoms with Crippen molar-refractivity contribution in [2.45, 2.75) is 212 Å². The molecule has 0 amide bonds. The van der Waals surface area contributed by atoms with E-state index in [-0.39, 0.29) is 0 Å². The van der Waals surface area contributed by atoms with Gasteiger partial charge in [0.2, 0.25) is 0 Å². The Bertz CT molecular complexity index is 1200. The van der Waals surface area contributed by atoms with Gasteiger partial charge < -0.3 is 0 Å². The predicted octanol–water partition coefficient (Wildman–Crippen LogP) is 15.3. The van der Waals surface area contributed by atoms with Crippen LogP contribution in [0.4, 0.5) is 0 Å². The van der Waals surface area contributed by atoms with Gasteiger partial charge in [-0.3, -0.25) is 0 Å². The van der Waals surface area contributed by atoms with Gasteiger partial charge >= 0.3 is 0 Å². The summed E-state index contributed by atoms with van der Waals surface area (Å²) in [4.78, 5) is 0. The van der Waals surface area contributed by atoms with Crippen molar-refractivity contribution in [2.24, 2.45) is 118 Å². The van der Waals surface area contributed by atoms with Crippen LogP contribution in [0.15, 0.2) is 0 Å². The van der Waals surface area contributed by atoms with Gasteiger partial charge in [-0.1, -0.05) is 109 Å². The second-order valence-electron chi connectivity index (χ2n) is 24.1. The summed E-state index contributed by atoms with van der Waals surface area (Å²) < 4.78 is 0. The average molecular weight is 723 g/mol. The van der Waals surface area contributed by atoms with Crippen molar-refractivity contribution in [1.29, 1.82) is 0 Å². The van der Waals surface area contributed by atoms with Crippen LogP contribution < -0.4 is 0 Å². The van der Waals surface area contributed by atoms with Crippen molar-refractivity contribution in [2.75, 3.05) is 0 Å². The number of hydrogen-bond donors (Lipinski definition) is 0. The highest BCUT2D eigenvalue weighted by Crippen LogP contribution is 2.65. The van der Waals surface area contributed by atoms with Crippen LogP contribution in [0.25, 0.3) is 0 Å². The minimum atomic E-state index is 1.10. The first-order valence-corrected chi connectivity index (χ1v) is 26.2. The molecule has 18 atom stereocenters. The highest BCUT2D eigenvalue weighted by Gasteiger charge is 2.56. The maximum Gasteiger partial charge on any atom is -0.0349 e. The molecule has 0 aromatic heterocycles. The van der Waals surface area contributed by atoms with Gasteiger partial charge in [-0.2, -0.15) is 0 Å². The highest BCUT2D eigenvalue weighted by atomic mass is 14.6. The molecule has 0 aliphatic heterocycles. The second kappa shape index (κ2) is 15.6. The zero-order valence-corrected chi connectivity index (χ0v) is 34.9. The lowest BCUT2D eigenvalue weighted by Gasteiger charge is -2.56. The average Bonchev–Trinajstić information content (AvgIpc) is 3.59. The monoisotopic (exact) mass is 723 g/mol. The van der Waals surface area contributed by atoms with E-state index < -0.39 is 0 Å². The minimum absolute atomic E-state index is 1.10. The Morgan fingerprint density at radius 3 is 1.19 bits per heavy atom. The zero-order chi connectivity index (χ0) is 34.9. The molecule has 0 aromatic rings. The van der Waals surface area contributed by atoms with Crippen molar-refractivity contribution in [3.8, 4) is 0 Å². The Morgan fingerprint density at radius 2 is 0.472 bits per heavy atom. The molecule has 11 aliphatic rings. The summed E-state index contributed by atoms with van der Waals surface area (Å²) >= 11 is 0. The normalized spacial score (nSPS) is 53.7. The second-order valence-corrected chi connectivity index (χ2v) is 24.1. The van der Waals surface area contributed by atoms with E-state index >= 15 is 0 Å². The van der Waals surface area contributed by atoms with E-state index in [9.17, 15) is 0 Å². The van der Waals surface area contributed by atoms with Gasteiger partial charge in [0.05, 0.1) is 0 Å². The summed E-state index contributed by atoms with van der Waals surface area (Å²) in [5.41, 5.74) is 0. The standard InChI is InChI=1S/C53H86/c1-3-11-34(12-4-1)41-27-42(39-20-22-47-40(25-39)21-24-48-46-18-10-9-15-36(46)19-23-49(47)48)29-43(28-41)44-31-50(35-13-5-2-6-14-35)53-33-45-26-37-16-7-8-17-38(37)30-51(45)52(53)32-44/h34-53H,1-33H2. The van der Waals surface area contributed by atoms with Crippen molar-refractivity contribution in [3.63, 3.8) is 0 Å². The summed E-state index contributed by atoms with van der Waals surface area (Å²) in [6.45, 7) is 0. The Balaban J connectivity index is 0.828. The van der Waals surface area contributed by atoms with Crippen molar-refractivity contribution in [1.82, 2.24) is 0 Å². The fourth-order valence-electron chi connectivity index (χ4n) is 20.3. The van der Waals surface area contributed by atoms with E-state index in [0.29, 0.717) is 0 Å². The molecule has 0 N–H and O–H groups in total. The molecule has 0 bridgehead atoms. The first-order valence-electron chi connectivity index (χ1n) is 26.2. The van der Waals surface area contributed by atoms with E-state index in [1.165, 1.54) is 0 Å². The highest BCUT2D eigenvalue weighted by molar-refractivity contribution is 5.06. The maximum absolute atomic E-state index is 1.71. The summed E-state index contributed by atoms with van der Waals surface area (Å²) in [5, 5.41) is 0. The molecule has 0 aromatic carbocycles. The van der Waals surface area contributed by atoms with Gasteiger partial charge in [0, 0.05) is 0 Å². The quantitative estimate of drug-likeness (QED) is 0.271. The zero-order valence-electron chi connectivity index (χ0n) is 34.9. The smallest absolute Gasteiger partial charge is 0.0349 e. The molecule has 0 heterocycles. The molecule has 53 heavy (non-hydrogen) atoms. The lowest BCUT2D eigenvalue weighted by atomic mass is 9.49. The van der Waals surface area contributed by atoms with Crippen LogP contribution in [0.1, 0.15) is 212 Å². The third-order valence-electron chi connectivity index (χ3n) is 22.4. The predicted molar refractivity (Wildman–Crippen MR) is 222 cm³/mol. The fraction of sp³-hybridized carbons (Fsp3) is 1.00. The topological polar surface area (TPSA) is 0 Å². The molecule has 0 nitrogen and oxygen atoms in total. The molecule has 11 rings (SSSR count). The van der Waals surface area contributed by atoms with Crippen molar-refractivity contribution < 1.29 is 0 Å². The van der Waals surface area contributed by atoms with Crippen molar-refractivity contribution >= 4 is 0 Å². The SMILES string of the molecule is C1CCC(C2CC(C3CCC4C(CCC5C6CCCCC6CCC45)C3)CC(C3CC(C4CCCCC4)C4CC5CC6CCCCC6CC5C4C3)C2)CC1. The maximum atomic E-state index is 1.71. The fourth-order valence-corrected chi connectivity index (χ4v) is 20.3. The van der Waals surface area contributed by atoms with Crippen LogP contribution in [-0.2, 0) is 0 Å². The first-order chi connectivity index (χ1) is 26.2. The molecule has 298 valence electrons. The van der Waals surface area contributed by atoms with Gasteiger partial charge in [0.1, 0.15) is 0 Å². The molecule has 11 saturated carbocycles. The molecule has 18 unspecified atom stereocenters. The van der Waals surface area contributed by atoms with Gasteiger partial charge in [-0.25, -0.2) is 0 Å². The van der Waals surface area contributed by atoms with Crippen LogP contribution >= 0.6 is 0 Å². The van der Waals surface area contributed by atoms with E-state index in [0.717, 1.165) is 118 Å². The van der Waals surface area contributed by atoms with Crippen LogP contribution in [0.5, 0.6) is 0 Å². The van der Waals surface area contributed by atoms with Gasteiger partial charge in [0.25, 0.3) is 0 Å². The van der Waals surface area contributed by atoms with Crippen LogP contribution in [0.2, 0.25) is 0 Å². The summed E-state index contributed by atoms with van der Waals surface area (Å²) in [5.74, 6) is 22.6. The Kier molecular flexibility index (Phi) is 10.7. The molecule has 11 fully saturated rings. The Morgan fingerprint density at radius 1 is 0.132 bits per heavy atom. The minimum Gasteiger partial charge on any atom is -0.0533 e. The number of fused-ring (bicyclic) bond motifs is 9. The largest absolute Gasteiger partial charge is 0.0533 e. The van der Waals surface area contributed by atoms with Crippen LogP contribution in [0.3, 0.4) is 0 Å². The van der Waals surface area contributed by atoms with E-state index in [4.69, 9.17) is 0 Å². The third-order valence-corrected chi connectivity index (χ3v) is 22.4. The summed E-state index contributed by atoms with van der Waals surface area (Å²) in [6, 6.07) is 0. The Labute approximate surface area is 329 Å². The van der Waals surface area contributed by atoms with Gasteiger partial charge in [-0.15, -0.1) is 0 Å². The molecule has 0 saturated heterocycles. The first kappa shape index (κ1) is 36.1. The van der Waals surface area contributed by atoms with E-state index in [1.54, 1.807) is 212 Å². The lowest BCUT2D eigenvalue weighted by molar-refractivity contribution is -0.0622. The molecular formula is C53H86. The number of rotatable bonds is 4.